The number of aromatic nitrogens is 5. The average molecular weight is 448 g/mol. The Hall–Kier alpha value is -4.54. The summed E-state index contributed by atoms with van der Waals surface area (Å²) in [4.78, 5) is 23.3. The van der Waals surface area contributed by atoms with Crippen LogP contribution < -0.4 is 5.32 Å². The van der Waals surface area contributed by atoms with E-state index in [0.29, 0.717) is 22.6 Å². The van der Waals surface area contributed by atoms with Crippen LogP contribution in [-0.4, -0.2) is 42.4 Å². The van der Waals surface area contributed by atoms with Gasteiger partial charge >= 0.3 is 12.1 Å². The highest BCUT2D eigenvalue weighted by Crippen LogP contribution is 2.28. The molecule has 0 radical (unpaired) electrons. The summed E-state index contributed by atoms with van der Waals surface area (Å²) in [5, 5.41) is 27.3. The van der Waals surface area contributed by atoms with Gasteiger partial charge in [0.05, 0.1) is 0 Å². The first kappa shape index (κ1) is 21.7. The second-order valence-electron chi connectivity index (χ2n) is 7.14. The molecule has 11 heteroatoms. The van der Waals surface area contributed by atoms with Crippen LogP contribution in [0.4, 0.5) is 10.6 Å². The van der Waals surface area contributed by atoms with E-state index in [2.05, 4.69) is 25.8 Å². The Morgan fingerprint density at radius 1 is 1.06 bits per heavy atom. The van der Waals surface area contributed by atoms with Crippen molar-refractivity contribution in [3.05, 3.63) is 66.1 Å². The second-order valence-corrected chi connectivity index (χ2v) is 7.14. The molecule has 1 unspecified atom stereocenters. The fourth-order valence-corrected chi connectivity index (χ4v) is 3.11. The number of aliphatic carboxylic acids is 1. The van der Waals surface area contributed by atoms with Crippen molar-refractivity contribution in [3.8, 4) is 22.7 Å². The van der Waals surface area contributed by atoms with Crippen LogP contribution in [0.2, 0.25) is 0 Å². The van der Waals surface area contributed by atoms with Gasteiger partial charge in [-0.25, -0.2) is 9.48 Å². The Bertz CT molecular complexity index is 1270. The Labute approximate surface area is 188 Å². The number of hydrogen-bond acceptors (Lipinski definition) is 8. The van der Waals surface area contributed by atoms with E-state index in [4.69, 9.17) is 14.3 Å². The van der Waals surface area contributed by atoms with E-state index in [-0.39, 0.29) is 18.2 Å². The number of nitrogens with one attached hydrogen (secondary N) is 1. The van der Waals surface area contributed by atoms with Gasteiger partial charge in [0.15, 0.2) is 5.82 Å². The highest BCUT2D eigenvalue weighted by atomic mass is 16.6. The molecule has 33 heavy (non-hydrogen) atoms. The van der Waals surface area contributed by atoms with E-state index in [1.54, 1.807) is 38.2 Å². The lowest BCUT2D eigenvalue weighted by Crippen LogP contribution is -2.18. The lowest BCUT2D eigenvalue weighted by Gasteiger charge is -2.14. The molecule has 2 heterocycles. The minimum Gasteiger partial charge on any atom is -0.481 e. The Morgan fingerprint density at radius 2 is 1.76 bits per heavy atom. The average Bonchev–Trinajstić information content (AvgIpc) is 3.41. The van der Waals surface area contributed by atoms with Gasteiger partial charge in [-0.1, -0.05) is 47.7 Å². The van der Waals surface area contributed by atoms with Gasteiger partial charge in [-0.05, 0) is 24.6 Å². The summed E-state index contributed by atoms with van der Waals surface area (Å²) in [5.41, 5.74) is 2.62. The molecule has 0 aliphatic rings. The number of carboxylic acid groups (broad SMARTS) is 1. The normalized spacial score (nSPS) is 11.7. The summed E-state index contributed by atoms with van der Waals surface area (Å²) < 4.78 is 12.3. The van der Waals surface area contributed by atoms with E-state index in [0.717, 1.165) is 5.56 Å². The number of carbonyl (C=O) groups is 2. The molecule has 0 fully saturated rings. The number of anilines is 1. The van der Waals surface area contributed by atoms with Crippen LogP contribution in [0.15, 0.2) is 59.0 Å². The molecule has 1 atom stereocenters. The van der Waals surface area contributed by atoms with Crippen LogP contribution in [0.3, 0.4) is 0 Å². The minimum atomic E-state index is -1.06. The van der Waals surface area contributed by atoms with E-state index in [1.807, 2.05) is 30.3 Å². The van der Waals surface area contributed by atoms with Gasteiger partial charge in [0.1, 0.15) is 18.2 Å². The first-order valence-electron chi connectivity index (χ1n) is 9.98. The van der Waals surface area contributed by atoms with Gasteiger partial charge in [0.25, 0.3) is 0 Å². The van der Waals surface area contributed by atoms with Crippen molar-refractivity contribution < 1.29 is 23.8 Å². The van der Waals surface area contributed by atoms with Gasteiger partial charge in [0, 0.05) is 18.2 Å². The lowest BCUT2D eigenvalue weighted by molar-refractivity contribution is -0.136. The molecule has 11 nitrogen and oxygen atoms in total. The molecule has 168 valence electrons. The summed E-state index contributed by atoms with van der Waals surface area (Å²) >= 11 is 0. The van der Waals surface area contributed by atoms with E-state index in [1.165, 1.54) is 4.68 Å². The quantitative estimate of drug-likeness (QED) is 0.434. The van der Waals surface area contributed by atoms with Crippen molar-refractivity contribution in [2.24, 2.45) is 7.05 Å². The van der Waals surface area contributed by atoms with Crippen LogP contribution in [-0.2, 0) is 23.0 Å². The molecule has 0 aliphatic heterocycles. The number of benzene rings is 2. The zero-order chi connectivity index (χ0) is 23.4. The second kappa shape index (κ2) is 9.30. The zero-order valence-electron chi connectivity index (χ0n) is 17.8. The van der Waals surface area contributed by atoms with Crippen molar-refractivity contribution in [2.75, 3.05) is 5.32 Å². The smallest absolute Gasteiger partial charge is 0.413 e. The Kier molecular flexibility index (Phi) is 6.11. The molecule has 2 aromatic carbocycles. The minimum absolute atomic E-state index is 0.0187. The van der Waals surface area contributed by atoms with Gasteiger partial charge in [-0.2, -0.15) is 0 Å². The van der Waals surface area contributed by atoms with Gasteiger partial charge < -0.3 is 14.3 Å². The first-order chi connectivity index (χ1) is 15.9. The van der Waals surface area contributed by atoms with Gasteiger partial charge in [-0.3, -0.25) is 10.1 Å². The molecule has 4 aromatic rings. The van der Waals surface area contributed by atoms with Crippen molar-refractivity contribution in [1.82, 2.24) is 25.2 Å². The Morgan fingerprint density at radius 3 is 2.45 bits per heavy atom. The molecule has 0 saturated heterocycles. The Balaban J connectivity index is 1.48. The highest BCUT2D eigenvalue weighted by Gasteiger charge is 2.19. The predicted molar refractivity (Wildman–Crippen MR) is 116 cm³/mol. The molecule has 0 spiro atoms. The molecule has 0 saturated carbocycles. The molecule has 4 rings (SSSR count). The molecule has 2 N–H and O–H groups in total. The van der Waals surface area contributed by atoms with Gasteiger partial charge in [-0.15, -0.1) is 15.3 Å². The third-order valence-electron chi connectivity index (χ3n) is 4.77. The molecule has 0 bridgehead atoms. The molecule has 0 aliphatic carbocycles. The summed E-state index contributed by atoms with van der Waals surface area (Å²) in [6, 6.07) is 16.4. The molecule has 1 amide bonds. The van der Waals surface area contributed by atoms with Crippen LogP contribution in [0.25, 0.3) is 22.7 Å². The largest absolute Gasteiger partial charge is 0.481 e. The van der Waals surface area contributed by atoms with Crippen molar-refractivity contribution >= 4 is 17.9 Å². The predicted octanol–water partition coefficient (Wildman–Crippen LogP) is 3.47. The lowest BCUT2D eigenvalue weighted by atomic mass is 10.1. The number of carboxylic acids is 1. The molecular weight excluding hydrogens is 428 g/mol. The van der Waals surface area contributed by atoms with E-state index in [9.17, 15) is 9.59 Å². The molecule has 2 aromatic heterocycles. The zero-order valence-corrected chi connectivity index (χ0v) is 17.8. The van der Waals surface area contributed by atoms with Crippen LogP contribution in [0.5, 0.6) is 0 Å². The van der Waals surface area contributed by atoms with Crippen LogP contribution in [0.1, 0.15) is 24.5 Å². The maximum absolute atomic E-state index is 12.5. The van der Waals surface area contributed by atoms with Crippen molar-refractivity contribution in [2.45, 2.75) is 19.4 Å². The number of ether oxygens (including phenoxy) is 1. The fourth-order valence-electron chi connectivity index (χ4n) is 3.11. The SMILES string of the molecule is CC(OC(=O)Nc1c(-c2ccc(-c3nnc(CC(=O)O)o3)cc2)nnn1C)c1ccccc1. The third kappa shape index (κ3) is 5.03. The first-order valence-corrected chi connectivity index (χ1v) is 9.98. The monoisotopic (exact) mass is 448 g/mol. The van der Waals surface area contributed by atoms with Crippen LogP contribution in [0, 0.1) is 0 Å². The topological polar surface area (TPSA) is 145 Å². The standard InChI is InChI=1S/C22H20N6O5/c1-13(14-6-4-3-5-7-14)32-22(31)23-20-19(25-27-28(20)2)15-8-10-16(11-9-15)21-26-24-17(33-21)12-18(29)30/h3-11,13H,12H2,1-2H3,(H,23,31)(H,29,30). The van der Waals surface area contributed by atoms with Crippen molar-refractivity contribution in [1.29, 1.82) is 0 Å². The summed E-state index contributed by atoms with van der Waals surface area (Å²) in [7, 11) is 1.66. The number of carbonyl (C=O) groups excluding carboxylic acids is 1. The summed E-state index contributed by atoms with van der Waals surface area (Å²) in [5.74, 6) is -0.464. The van der Waals surface area contributed by atoms with E-state index >= 15 is 0 Å². The maximum Gasteiger partial charge on any atom is 0.413 e. The summed E-state index contributed by atoms with van der Waals surface area (Å²) in [6.45, 7) is 1.79. The number of hydrogen-bond donors (Lipinski definition) is 2. The van der Waals surface area contributed by atoms with Gasteiger partial charge in [0.2, 0.25) is 11.8 Å². The summed E-state index contributed by atoms with van der Waals surface area (Å²) in [6.07, 6.45) is -1.42. The third-order valence-corrected chi connectivity index (χ3v) is 4.77. The highest BCUT2D eigenvalue weighted by molar-refractivity contribution is 5.88. The fraction of sp³-hybridized carbons (Fsp3) is 0.182. The van der Waals surface area contributed by atoms with Crippen molar-refractivity contribution in [3.63, 3.8) is 0 Å². The van der Waals surface area contributed by atoms with Crippen LogP contribution >= 0.6 is 0 Å². The number of aryl methyl sites for hydroxylation is 1. The molecular formula is C22H20N6O5. The van der Waals surface area contributed by atoms with E-state index < -0.39 is 18.2 Å². The number of amides is 1. The number of rotatable bonds is 7. The maximum atomic E-state index is 12.5. The number of nitrogens with zero attached hydrogens (tertiary/aromatic N) is 5.